The molecule has 1 amide bonds. The summed E-state index contributed by atoms with van der Waals surface area (Å²) in [6.07, 6.45) is 2.27. The van der Waals surface area contributed by atoms with Crippen LogP contribution in [0.4, 0.5) is 5.69 Å². The molecule has 2 aromatic carbocycles. The van der Waals surface area contributed by atoms with Crippen LogP contribution in [0.5, 0.6) is 5.75 Å². The van der Waals surface area contributed by atoms with Crippen LogP contribution in [0.1, 0.15) is 12.6 Å². The molecule has 1 aromatic heterocycles. The van der Waals surface area contributed by atoms with Gasteiger partial charge in [-0.15, -0.1) is 23.1 Å². The average Bonchev–Trinajstić information content (AvgIpc) is 3.11. The lowest BCUT2D eigenvalue weighted by atomic mass is 10.2. The third-order valence-corrected chi connectivity index (χ3v) is 5.32. The highest BCUT2D eigenvalue weighted by Gasteiger charge is 2.10. The highest BCUT2D eigenvalue weighted by molar-refractivity contribution is 7.98. The van der Waals surface area contributed by atoms with Crippen molar-refractivity contribution in [3.63, 3.8) is 0 Å². The Kier molecular flexibility index (Phi) is 6.30. The molecule has 0 saturated carbocycles. The van der Waals surface area contributed by atoms with Gasteiger partial charge in [-0.25, -0.2) is 4.98 Å². The van der Waals surface area contributed by atoms with E-state index in [2.05, 4.69) is 10.3 Å². The van der Waals surface area contributed by atoms with Crippen LogP contribution in [-0.4, -0.2) is 23.8 Å². The molecule has 0 saturated heterocycles. The van der Waals surface area contributed by atoms with E-state index in [1.165, 1.54) is 0 Å². The van der Waals surface area contributed by atoms with E-state index in [0.29, 0.717) is 6.61 Å². The van der Waals surface area contributed by atoms with Crippen molar-refractivity contribution in [3.05, 3.63) is 59.6 Å². The van der Waals surface area contributed by atoms with Crippen LogP contribution in [0, 0.1) is 0 Å². The molecule has 134 valence electrons. The van der Waals surface area contributed by atoms with E-state index in [9.17, 15) is 4.79 Å². The van der Waals surface area contributed by atoms with Gasteiger partial charge in [0, 0.05) is 21.5 Å². The Balaban J connectivity index is 1.63. The molecule has 0 unspecified atom stereocenters. The fourth-order valence-corrected chi connectivity index (χ4v) is 3.74. The minimum Gasteiger partial charge on any atom is -0.494 e. The van der Waals surface area contributed by atoms with Gasteiger partial charge in [0.25, 0.3) is 0 Å². The lowest BCUT2D eigenvalue weighted by Crippen LogP contribution is -2.14. The molecule has 4 nitrogen and oxygen atoms in total. The molecule has 6 heteroatoms. The summed E-state index contributed by atoms with van der Waals surface area (Å²) < 4.78 is 5.46. The Morgan fingerprint density at radius 2 is 2.04 bits per heavy atom. The Morgan fingerprint density at radius 1 is 1.23 bits per heavy atom. The topological polar surface area (TPSA) is 51.2 Å². The number of rotatable bonds is 7. The molecule has 0 aliphatic heterocycles. The van der Waals surface area contributed by atoms with Crippen molar-refractivity contribution in [1.29, 1.82) is 0 Å². The second-order valence-corrected chi connectivity index (χ2v) is 7.30. The Morgan fingerprint density at radius 3 is 2.77 bits per heavy atom. The maximum atomic E-state index is 12.3. The van der Waals surface area contributed by atoms with Crippen molar-refractivity contribution in [1.82, 2.24) is 4.98 Å². The molecule has 0 aliphatic rings. The molecule has 0 fully saturated rings. The summed E-state index contributed by atoms with van der Waals surface area (Å²) in [7, 11) is 0. The zero-order valence-corrected chi connectivity index (χ0v) is 16.3. The first-order valence-corrected chi connectivity index (χ1v) is 10.4. The second-order valence-electron chi connectivity index (χ2n) is 5.56. The number of nitrogens with zero attached hydrogens (tertiary/aromatic N) is 1. The van der Waals surface area contributed by atoms with Crippen molar-refractivity contribution in [2.75, 3.05) is 18.2 Å². The first kappa shape index (κ1) is 18.5. The molecule has 1 N–H and O–H groups in total. The largest absolute Gasteiger partial charge is 0.494 e. The molecule has 3 rings (SSSR count). The number of thioether (sulfide) groups is 1. The first-order chi connectivity index (χ1) is 12.7. The molecule has 0 aliphatic carbocycles. The van der Waals surface area contributed by atoms with E-state index in [4.69, 9.17) is 4.74 Å². The van der Waals surface area contributed by atoms with Gasteiger partial charge in [-0.05, 0) is 55.6 Å². The normalized spacial score (nSPS) is 10.5. The van der Waals surface area contributed by atoms with Gasteiger partial charge in [0.05, 0.1) is 18.7 Å². The number of carbonyl (C=O) groups is 1. The zero-order valence-electron chi connectivity index (χ0n) is 14.7. The fraction of sp³-hybridized carbons (Fsp3) is 0.200. The Bertz CT molecular complexity index is 876. The van der Waals surface area contributed by atoms with E-state index in [1.54, 1.807) is 23.1 Å². The SMILES string of the molecule is CCOc1ccc(-c2nc(CC(=O)Nc3cccc(SC)c3)cs2)cc1. The van der Waals surface area contributed by atoms with Gasteiger partial charge in [-0.3, -0.25) is 4.79 Å². The van der Waals surface area contributed by atoms with Gasteiger partial charge in [-0.2, -0.15) is 0 Å². The van der Waals surface area contributed by atoms with Crippen molar-refractivity contribution < 1.29 is 9.53 Å². The van der Waals surface area contributed by atoms with E-state index in [1.807, 2.05) is 67.1 Å². The second kappa shape index (κ2) is 8.87. The highest BCUT2D eigenvalue weighted by Crippen LogP contribution is 2.26. The fourth-order valence-electron chi connectivity index (χ4n) is 2.45. The number of amides is 1. The third-order valence-electron chi connectivity index (χ3n) is 3.66. The zero-order chi connectivity index (χ0) is 18.4. The van der Waals surface area contributed by atoms with E-state index in [-0.39, 0.29) is 12.3 Å². The third kappa shape index (κ3) is 4.86. The quantitative estimate of drug-likeness (QED) is 0.575. The smallest absolute Gasteiger partial charge is 0.230 e. The standard InChI is InChI=1S/C20H20N2O2S2/c1-3-24-17-9-7-14(8-10-17)20-22-16(13-26-20)12-19(23)21-15-5-4-6-18(11-15)25-2/h4-11,13H,3,12H2,1-2H3,(H,21,23). The molecule has 0 bridgehead atoms. The van der Waals surface area contributed by atoms with Crippen molar-refractivity contribution in [2.24, 2.45) is 0 Å². The summed E-state index contributed by atoms with van der Waals surface area (Å²) >= 11 is 3.19. The summed E-state index contributed by atoms with van der Waals surface area (Å²) in [5.74, 6) is 0.784. The monoisotopic (exact) mass is 384 g/mol. The summed E-state index contributed by atoms with van der Waals surface area (Å²) in [4.78, 5) is 18.0. The van der Waals surface area contributed by atoms with Crippen LogP contribution >= 0.6 is 23.1 Å². The van der Waals surface area contributed by atoms with Crippen molar-refractivity contribution in [3.8, 4) is 16.3 Å². The number of thiazole rings is 1. The lowest BCUT2D eigenvalue weighted by molar-refractivity contribution is -0.115. The van der Waals surface area contributed by atoms with Crippen LogP contribution in [0.15, 0.2) is 58.8 Å². The van der Waals surface area contributed by atoms with Gasteiger partial charge in [0.15, 0.2) is 0 Å². The minimum absolute atomic E-state index is 0.0632. The highest BCUT2D eigenvalue weighted by atomic mass is 32.2. The predicted molar refractivity (Wildman–Crippen MR) is 109 cm³/mol. The predicted octanol–water partition coefficient (Wildman–Crippen LogP) is 5.11. The first-order valence-electron chi connectivity index (χ1n) is 8.29. The average molecular weight is 385 g/mol. The van der Waals surface area contributed by atoms with Crippen LogP contribution in [0.3, 0.4) is 0 Å². The summed E-state index contributed by atoms with van der Waals surface area (Å²) in [6.45, 7) is 2.61. The summed E-state index contributed by atoms with van der Waals surface area (Å²) in [5.41, 5.74) is 2.61. The Labute approximate surface area is 161 Å². The molecule has 26 heavy (non-hydrogen) atoms. The van der Waals surface area contributed by atoms with Crippen LogP contribution in [-0.2, 0) is 11.2 Å². The number of anilines is 1. The van der Waals surface area contributed by atoms with E-state index in [0.717, 1.165) is 32.6 Å². The molecule has 0 radical (unpaired) electrons. The maximum Gasteiger partial charge on any atom is 0.230 e. The minimum atomic E-state index is -0.0632. The maximum absolute atomic E-state index is 12.3. The van der Waals surface area contributed by atoms with Gasteiger partial charge >= 0.3 is 0 Å². The van der Waals surface area contributed by atoms with Gasteiger partial charge < -0.3 is 10.1 Å². The Hall–Kier alpha value is -2.31. The summed E-state index contributed by atoms with van der Waals surface area (Å²) in [5, 5.41) is 5.77. The number of benzene rings is 2. The molecule has 0 spiro atoms. The number of nitrogens with one attached hydrogen (secondary N) is 1. The number of hydrogen-bond donors (Lipinski definition) is 1. The number of ether oxygens (including phenoxy) is 1. The van der Waals surface area contributed by atoms with E-state index >= 15 is 0 Å². The van der Waals surface area contributed by atoms with Crippen LogP contribution < -0.4 is 10.1 Å². The molecule has 0 atom stereocenters. The van der Waals surface area contributed by atoms with Gasteiger partial charge in [0.2, 0.25) is 5.91 Å². The van der Waals surface area contributed by atoms with Crippen LogP contribution in [0.2, 0.25) is 0 Å². The number of carbonyl (C=O) groups excluding carboxylic acids is 1. The molecule has 1 heterocycles. The van der Waals surface area contributed by atoms with Crippen molar-refractivity contribution >= 4 is 34.7 Å². The van der Waals surface area contributed by atoms with Crippen molar-refractivity contribution in [2.45, 2.75) is 18.2 Å². The summed E-state index contributed by atoms with van der Waals surface area (Å²) in [6, 6.07) is 15.7. The van der Waals surface area contributed by atoms with E-state index < -0.39 is 0 Å². The molecular weight excluding hydrogens is 364 g/mol. The van der Waals surface area contributed by atoms with Gasteiger partial charge in [0.1, 0.15) is 10.8 Å². The number of aromatic nitrogens is 1. The van der Waals surface area contributed by atoms with Gasteiger partial charge in [-0.1, -0.05) is 6.07 Å². The molecule has 3 aromatic rings. The lowest BCUT2D eigenvalue weighted by Gasteiger charge is -2.05. The van der Waals surface area contributed by atoms with Crippen LogP contribution in [0.25, 0.3) is 10.6 Å². The molecular formula is C20H20N2O2S2. The number of hydrogen-bond acceptors (Lipinski definition) is 5.